The Labute approximate surface area is 110 Å². The molecule has 1 saturated heterocycles. The highest BCUT2D eigenvalue weighted by Gasteiger charge is 2.18. The third-order valence-electron chi connectivity index (χ3n) is 4.29. The number of hydrogen-bond acceptors (Lipinski definition) is 3. The third-order valence-corrected chi connectivity index (χ3v) is 4.29. The minimum atomic E-state index is 0.699. The van der Waals surface area contributed by atoms with Gasteiger partial charge < -0.3 is 15.5 Å². The molecule has 98 valence electrons. The molecular formula is C15H23N3. The van der Waals surface area contributed by atoms with E-state index in [1.54, 1.807) is 0 Å². The Morgan fingerprint density at radius 2 is 2.28 bits per heavy atom. The summed E-state index contributed by atoms with van der Waals surface area (Å²) in [5.41, 5.74) is 4.34. The van der Waals surface area contributed by atoms with Crippen LogP contribution in [0.2, 0.25) is 0 Å². The van der Waals surface area contributed by atoms with Crippen molar-refractivity contribution in [3.8, 4) is 0 Å². The highest BCUT2D eigenvalue weighted by Crippen LogP contribution is 2.24. The number of piperazine rings is 1. The summed E-state index contributed by atoms with van der Waals surface area (Å²) >= 11 is 0. The predicted octanol–water partition coefficient (Wildman–Crippen LogP) is 1.49. The van der Waals surface area contributed by atoms with Crippen LogP contribution < -0.4 is 10.6 Å². The number of nitrogens with one attached hydrogen (secondary N) is 2. The van der Waals surface area contributed by atoms with Crippen molar-refractivity contribution in [3.05, 3.63) is 29.3 Å². The standard InChI is InChI=1S/C15H23N3/c1-18-9-8-16-11-14(18)4-2-12-3-5-15-13(10-12)6-7-17-15/h3,5,10,14,16-17H,2,4,6-9,11H2,1H3. The molecule has 3 rings (SSSR count). The molecule has 2 aliphatic heterocycles. The summed E-state index contributed by atoms with van der Waals surface area (Å²) in [5, 5.41) is 6.91. The van der Waals surface area contributed by atoms with Crippen LogP contribution in [-0.4, -0.2) is 44.2 Å². The lowest BCUT2D eigenvalue weighted by Crippen LogP contribution is -2.49. The van der Waals surface area contributed by atoms with Gasteiger partial charge in [0.15, 0.2) is 0 Å². The lowest BCUT2D eigenvalue weighted by molar-refractivity contribution is 0.191. The van der Waals surface area contributed by atoms with E-state index in [2.05, 4.69) is 40.8 Å². The van der Waals surface area contributed by atoms with Gasteiger partial charge in [-0.3, -0.25) is 0 Å². The lowest BCUT2D eigenvalue weighted by atomic mass is 10.0. The minimum absolute atomic E-state index is 0.699. The molecule has 1 aromatic rings. The maximum absolute atomic E-state index is 3.49. The van der Waals surface area contributed by atoms with Crippen LogP contribution in [0.25, 0.3) is 0 Å². The van der Waals surface area contributed by atoms with E-state index in [1.807, 2.05) is 0 Å². The van der Waals surface area contributed by atoms with E-state index < -0.39 is 0 Å². The molecule has 0 amide bonds. The van der Waals surface area contributed by atoms with Crippen LogP contribution in [0.1, 0.15) is 17.5 Å². The van der Waals surface area contributed by atoms with Gasteiger partial charge in [0.1, 0.15) is 0 Å². The number of rotatable bonds is 3. The fourth-order valence-corrected chi connectivity index (χ4v) is 3.03. The van der Waals surface area contributed by atoms with Crippen molar-refractivity contribution in [1.82, 2.24) is 10.2 Å². The molecule has 1 unspecified atom stereocenters. The van der Waals surface area contributed by atoms with Gasteiger partial charge >= 0.3 is 0 Å². The Kier molecular flexibility index (Phi) is 3.52. The van der Waals surface area contributed by atoms with Gasteiger partial charge in [0.2, 0.25) is 0 Å². The maximum Gasteiger partial charge on any atom is 0.0373 e. The summed E-state index contributed by atoms with van der Waals surface area (Å²) in [6, 6.07) is 7.63. The Morgan fingerprint density at radius 3 is 3.17 bits per heavy atom. The number of likely N-dealkylation sites (N-methyl/N-ethyl adjacent to an activating group) is 1. The molecule has 2 aliphatic rings. The molecule has 1 aromatic carbocycles. The summed E-state index contributed by atoms with van der Waals surface area (Å²) in [4.78, 5) is 2.49. The van der Waals surface area contributed by atoms with E-state index in [4.69, 9.17) is 0 Å². The van der Waals surface area contributed by atoms with Gasteiger partial charge in [-0.25, -0.2) is 0 Å². The van der Waals surface area contributed by atoms with Crippen molar-refractivity contribution in [2.45, 2.75) is 25.3 Å². The Morgan fingerprint density at radius 1 is 1.33 bits per heavy atom. The second-order valence-corrected chi connectivity index (χ2v) is 5.55. The van der Waals surface area contributed by atoms with Gasteiger partial charge in [-0.05, 0) is 43.5 Å². The van der Waals surface area contributed by atoms with Gasteiger partial charge in [0.05, 0.1) is 0 Å². The smallest absolute Gasteiger partial charge is 0.0373 e. The molecule has 3 heteroatoms. The molecule has 2 N–H and O–H groups in total. The first-order chi connectivity index (χ1) is 8.83. The van der Waals surface area contributed by atoms with E-state index >= 15 is 0 Å². The molecule has 0 spiro atoms. The van der Waals surface area contributed by atoms with Crippen molar-refractivity contribution < 1.29 is 0 Å². The molecular weight excluding hydrogens is 222 g/mol. The van der Waals surface area contributed by atoms with Gasteiger partial charge in [0.25, 0.3) is 0 Å². The van der Waals surface area contributed by atoms with Crippen LogP contribution >= 0.6 is 0 Å². The zero-order valence-electron chi connectivity index (χ0n) is 11.2. The molecule has 0 aliphatic carbocycles. The highest BCUT2D eigenvalue weighted by atomic mass is 15.2. The Balaban J connectivity index is 1.59. The van der Waals surface area contributed by atoms with Crippen molar-refractivity contribution in [2.75, 3.05) is 38.5 Å². The van der Waals surface area contributed by atoms with Crippen molar-refractivity contribution in [3.63, 3.8) is 0 Å². The molecule has 0 radical (unpaired) electrons. The molecule has 3 nitrogen and oxygen atoms in total. The quantitative estimate of drug-likeness (QED) is 0.845. The van der Waals surface area contributed by atoms with Gasteiger partial charge in [-0.15, -0.1) is 0 Å². The average molecular weight is 245 g/mol. The second kappa shape index (κ2) is 5.29. The number of fused-ring (bicyclic) bond motifs is 1. The van der Waals surface area contributed by atoms with Crippen LogP contribution in [0, 0.1) is 0 Å². The minimum Gasteiger partial charge on any atom is -0.384 e. The van der Waals surface area contributed by atoms with Gasteiger partial charge in [0, 0.05) is 37.9 Å². The van der Waals surface area contributed by atoms with E-state index in [-0.39, 0.29) is 0 Å². The first-order valence-electron chi connectivity index (χ1n) is 7.09. The summed E-state index contributed by atoms with van der Waals surface area (Å²) in [7, 11) is 2.25. The van der Waals surface area contributed by atoms with E-state index in [1.165, 1.54) is 42.6 Å². The van der Waals surface area contributed by atoms with E-state index in [0.717, 1.165) is 19.6 Å². The van der Waals surface area contributed by atoms with Crippen molar-refractivity contribution >= 4 is 5.69 Å². The SMILES string of the molecule is CN1CCNCC1CCc1ccc2c(c1)CCN2. The Hall–Kier alpha value is -1.06. The molecule has 0 aromatic heterocycles. The number of hydrogen-bond donors (Lipinski definition) is 2. The summed E-state index contributed by atoms with van der Waals surface area (Å²) < 4.78 is 0. The molecule has 0 saturated carbocycles. The van der Waals surface area contributed by atoms with E-state index in [9.17, 15) is 0 Å². The number of anilines is 1. The predicted molar refractivity (Wildman–Crippen MR) is 76.2 cm³/mol. The average Bonchev–Trinajstić information content (AvgIpc) is 2.85. The second-order valence-electron chi connectivity index (χ2n) is 5.55. The molecule has 2 heterocycles. The van der Waals surface area contributed by atoms with Crippen LogP contribution in [-0.2, 0) is 12.8 Å². The zero-order valence-corrected chi connectivity index (χ0v) is 11.2. The number of aryl methyl sites for hydroxylation is 1. The molecule has 0 bridgehead atoms. The number of nitrogens with zero attached hydrogens (tertiary/aromatic N) is 1. The van der Waals surface area contributed by atoms with Crippen LogP contribution in [0.3, 0.4) is 0 Å². The first kappa shape index (κ1) is 12.0. The van der Waals surface area contributed by atoms with Gasteiger partial charge in [-0.2, -0.15) is 0 Å². The normalized spacial score (nSPS) is 23.7. The molecule has 18 heavy (non-hydrogen) atoms. The monoisotopic (exact) mass is 245 g/mol. The van der Waals surface area contributed by atoms with Crippen molar-refractivity contribution in [2.24, 2.45) is 0 Å². The first-order valence-corrected chi connectivity index (χ1v) is 7.09. The Bertz CT molecular complexity index is 416. The topological polar surface area (TPSA) is 27.3 Å². The van der Waals surface area contributed by atoms with E-state index in [0.29, 0.717) is 6.04 Å². The summed E-state index contributed by atoms with van der Waals surface area (Å²) in [6.07, 6.45) is 3.65. The van der Waals surface area contributed by atoms with Gasteiger partial charge in [-0.1, -0.05) is 12.1 Å². The summed E-state index contributed by atoms with van der Waals surface area (Å²) in [5.74, 6) is 0. The number of benzene rings is 1. The maximum atomic E-state index is 3.49. The molecule has 1 fully saturated rings. The lowest BCUT2D eigenvalue weighted by Gasteiger charge is -2.33. The largest absolute Gasteiger partial charge is 0.384 e. The fourth-order valence-electron chi connectivity index (χ4n) is 3.03. The van der Waals surface area contributed by atoms with Crippen LogP contribution in [0.4, 0.5) is 5.69 Å². The van der Waals surface area contributed by atoms with Crippen LogP contribution in [0.15, 0.2) is 18.2 Å². The van der Waals surface area contributed by atoms with Crippen molar-refractivity contribution in [1.29, 1.82) is 0 Å². The third kappa shape index (κ3) is 2.52. The zero-order chi connectivity index (χ0) is 12.4. The van der Waals surface area contributed by atoms with Crippen LogP contribution in [0.5, 0.6) is 0 Å². The highest BCUT2D eigenvalue weighted by molar-refractivity contribution is 5.56. The fraction of sp³-hybridized carbons (Fsp3) is 0.600. The summed E-state index contributed by atoms with van der Waals surface area (Å²) in [6.45, 7) is 4.56. The molecule has 1 atom stereocenters.